The van der Waals surface area contributed by atoms with Crippen molar-refractivity contribution < 1.29 is 9.90 Å². The molecular formula is C18H16N2O2. The van der Waals surface area contributed by atoms with Crippen molar-refractivity contribution in [3.05, 3.63) is 72.1 Å². The Bertz CT molecular complexity index is 825. The van der Waals surface area contributed by atoms with Crippen molar-refractivity contribution >= 4 is 16.7 Å². The van der Waals surface area contributed by atoms with Crippen LogP contribution < -0.4 is 5.32 Å². The third-order valence-electron chi connectivity index (χ3n) is 3.64. The number of benzene rings is 2. The molecule has 1 aromatic heterocycles. The molecule has 0 saturated heterocycles. The number of hydrogen-bond acceptors (Lipinski definition) is 3. The van der Waals surface area contributed by atoms with Crippen LogP contribution in [-0.4, -0.2) is 16.0 Å². The van der Waals surface area contributed by atoms with Gasteiger partial charge in [0, 0.05) is 6.20 Å². The Kier molecular flexibility index (Phi) is 3.74. The van der Waals surface area contributed by atoms with Gasteiger partial charge in [0.25, 0.3) is 5.91 Å². The zero-order valence-electron chi connectivity index (χ0n) is 12.2. The summed E-state index contributed by atoms with van der Waals surface area (Å²) < 4.78 is 0. The molecule has 4 nitrogen and oxygen atoms in total. The molecule has 3 aromatic rings. The summed E-state index contributed by atoms with van der Waals surface area (Å²) in [6.45, 7) is 1.92. The van der Waals surface area contributed by atoms with Gasteiger partial charge in [-0.2, -0.15) is 0 Å². The van der Waals surface area contributed by atoms with Crippen molar-refractivity contribution in [2.45, 2.75) is 13.0 Å². The minimum absolute atomic E-state index is 0.0367. The maximum atomic E-state index is 12.3. The van der Waals surface area contributed by atoms with Crippen molar-refractivity contribution in [1.29, 1.82) is 0 Å². The molecule has 0 bridgehead atoms. The molecule has 0 spiro atoms. The molecule has 0 aliphatic heterocycles. The molecule has 0 aliphatic rings. The summed E-state index contributed by atoms with van der Waals surface area (Å²) in [5.74, 6) is -0.511. The van der Waals surface area contributed by atoms with Gasteiger partial charge in [-0.3, -0.25) is 4.79 Å². The van der Waals surface area contributed by atoms with Crippen LogP contribution in [0.3, 0.4) is 0 Å². The van der Waals surface area contributed by atoms with Crippen LogP contribution in [0, 0.1) is 0 Å². The standard InChI is InChI=1S/C18H16N2O2/c1-12(20-18(22)17-16(21)10-5-11-19-17)14-9-4-7-13-6-2-3-8-15(13)14/h2-12,21H,1H3,(H,20,22)/t12-/m0/s1. The summed E-state index contributed by atoms with van der Waals surface area (Å²) >= 11 is 0. The highest BCUT2D eigenvalue weighted by Crippen LogP contribution is 2.24. The second-order valence-corrected chi connectivity index (χ2v) is 5.13. The van der Waals surface area contributed by atoms with Crippen molar-refractivity contribution in [1.82, 2.24) is 10.3 Å². The lowest BCUT2D eigenvalue weighted by atomic mass is 9.99. The minimum Gasteiger partial charge on any atom is -0.505 e. The fourth-order valence-electron chi connectivity index (χ4n) is 2.54. The van der Waals surface area contributed by atoms with Crippen molar-refractivity contribution in [2.75, 3.05) is 0 Å². The van der Waals surface area contributed by atoms with E-state index in [4.69, 9.17) is 0 Å². The molecule has 0 aliphatic carbocycles. The number of aromatic nitrogens is 1. The number of carbonyl (C=O) groups excluding carboxylic acids is 1. The molecule has 0 fully saturated rings. The molecule has 1 amide bonds. The number of nitrogens with one attached hydrogen (secondary N) is 1. The van der Waals surface area contributed by atoms with E-state index in [9.17, 15) is 9.90 Å². The molecule has 2 aromatic carbocycles. The zero-order chi connectivity index (χ0) is 15.5. The average Bonchev–Trinajstić information content (AvgIpc) is 2.54. The van der Waals surface area contributed by atoms with Crippen LogP contribution >= 0.6 is 0 Å². The van der Waals surface area contributed by atoms with Crippen molar-refractivity contribution in [3.8, 4) is 5.75 Å². The maximum Gasteiger partial charge on any atom is 0.274 e. The summed E-state index contributed by atoms with van der Waals surface area (Å²) in [5, 5.41) is 14.8. The monoisotopic (exact) mass is 292 g/mol. The highest BCUT2D eigenvalue weighted by atomic mass is 16.3. The number of carbonyl (C=O) groups is 1. The van der Waals surface area contributed by atoms with Gasteiger partial charge in [-0.1, -0.05) is 42.5 Å². The average molecular weight is 292 g/mol. The molecule has 1 heterocycles. The predicted octanol–water partition coefficient (Wildman–Crippen LogP) is 3.43. The van der Waals surface area contributed by atoms with E-state index in [2.05, 4.69) is 10.3 Å². The Labute approximate surface area is 128 Å². The number of pyridine rings is 1. The molecule has 0 saturated carbocycles. The van der Waals surface area contributed by atoms with E-state index in [1.165, 1.54) is 12.3 Å². The van der Waals surface area contributed by atoms with Crippen molar-refractivity contribution in [3.63, 3.8) is 0 Å². The van der Waals surface area contributed by atoms with E-state index in [1.54, 1.807) is 6.07 Å². The van der Waals surface area contributed by atoms with Crippen LogP contribution in [0.25, 0.3) is 10.8 Å². The van der Waals surface area contributed by atoms with Gasteiger partial charge in [0.15, 0.2) is 5.69 Å². The number of aromatic hydroxyl groups is 1. The van der Waals surface area contributed by atoms with Crippen LogP contribution in [-0.2, 0) is 0 Å². The van der Waals surface area contributed by atoms with E-state index in [0.717, 1.165) is 16.3 Å². The smallest absolute Gasteiger partial charge is 0.274 e. The van der Waals surface area contributed by atoms with Crippen molar-refractivity contribution in [2.24, 2.45) is 0 Å². The third-order valence-corrected chi connectivity index (χ3v) is 3.64. The SMILES string of the molecule is C[C@H](NC(=O)c1ncccc1O)c1cccc2ccccc12. The normalized spacial score (nSPS) is 12.0. The van der Waals surface area contributed by atoms with Gasteiger partial charge in [-0.15, -0.1) is 0 Å². The molecule has 1 atom stereocenters. The molecular weight excluding hydrogens is 276 g/mol. The van der Waals surface area contributed by atoms with Gasteiger partial charge < -0.3 is 10.4 Å². The molecule has 4 heteroatoms. The maximum absolute atomic E-state index is 12.3. The lowest BCUT2D eigenvalue weighted by Crippen LogP contribution is -2.27. The van der Waals surface area contributed by atoms with Crippen LogP contribution in [0.2, 0.25) is 0 Å². The van der Waals surface area contributed by atoms with E-state index in [1.807, 2.05) is 49.4 Å². The summed E-state index contributed by atoms with van der Waals surface area (Å²) in [5.41, 5.74) is 1.07. The van der Waals surface area contributed by atoms with Gasteiger partial charge in [-0.05, 0) is 35.4 Å². The quantitative estimate of drug-likeness (QED) is 0.777. The molecule has 110 valence electrons. The first kappa shape index (κ1) is 14.1. The van der Waals surface area contributed by atoms with Gasteiger partial charge in [0.05, 0.1) is 6.04 Å². The number of hydrogen-bond donors (Lipinski definition) is 2. The highest BCUT2D eigenvalue weighted by molar-refractivity contribution is 5.95. The first-order valence-corrected chi connectivity index (χ1v) is 7.09. The number of rotatable bonds is 3. The lowest BCUT2D eigenvalue weighted by Gasteiger charge is -2.16. The minimum atomic E-state index is -0.390. The first-order valence-electron chi connectivity index (χ1n) is 7.09. The van der Waals surface area contributed by atoms with Gasteiger partial charge >= 0.3 is 0 Å². The Hall–Kier alpha value is -2.88. The van der Waals surface area contributed by atoms with E-state index < -0.39 is 5.91 Å². The Balaban J connectivity index is 1.89. The fraction of sp³-hybridized carbons (Fsp3) is 0.111. The molecule has 3 rings (SSSR count). The third kappa shape index (κ3) is 2.63. The van der Waals surface area contributed by atoms with Crippen LogP contribution in [0.5, 0.6) is 5.75 Å². The van der Waals surface area contributed by atoms with E-state index in [-0.39, 0.29) is 17.5 Å². The lowest BCUT2D eigenvalue weighted by molar-refractivity contribution is 0.0932. The molecule has 2 N–H and O–H groups in total. The summed E-state index contributed by atoms with van der Waals surface area (Å²) in [4.78, 5) is 16.2. The fourth-order valence-corrected chi connectivity index (χ4v) is 2.54. The summed E-state index contributed by atoms with van der Waals surface area (Å²) in [7, 11) is 0. The predicted molar refractivity (Wildman–Crippen MR) is 85.7 cm³/mol. The molecule has 0 unspecified atom stereocenters. The number of fused-ring (bicyclic) bond motifs is 1. The number of amides is 1. The Morgan fingerprint density at radius 3 is 2.68 bits per heavy atom. The topological polar surface area (TPSA) is 62.2 Å². The number of nitrogens with zero attached hydrogens (tertiary/aromatic N) is 1. The van der Waals surface area contributed by atoms with Crippen LogP contribution in [0.4, 0.5) is 0 Å². The largest absolute Gasteiger partial charge is 0.505 e. The summed E-state index contributed by atoms with van der Waals surface area (Å²) in [6.07, 6.45) is 1.48. The highest BCUT2D eigenvalue weighted by Gasteiger charge is 2.16. The molecule has 22 heavy (non-hydrogen) atoms. The Morgan fingerprint density at radius 1 is 1.09 bits per heavy atom. The van der Waals surface area contributed by atoms with Crippen LogP contribution in [0.15, 0.2) is 60.8 Å². The zero-order valence-corrected chi connectivity index (χ0v) is 12.2. The Morgan fingerprint density at radius 2 is 1.86 bits per heavy atom. The van der Waals surface area contributed by atoms with E-state index in [0.29, 0.717) is 0 Å². The van der Waals surface area contributed by atoms with Gasteiger partial charge in [-0.25, -0.2) is 4.98 Å². The first-order chi connectivity index (χ1) is 10.7. The van der Waals surface area contributed by atoms with E-state index >= 15 is 0 Å². The second kappa shape index (κ2) is 5.85. The van der Waals surface area contributed by atoms with Gasteiger partial charge in [0.2, 0.25) is 0 Å². The van der Waals surface area contributed by atoms with Crippen LogP contribution in [0.1, 0.15) is 29.0 Å². The molecule has 0 radical (unpaired) electrons. The van der Waals surface area contributed by atoms with Gasteiger partial charge in [0.1, 0.15) is 5.75 Å². The second-order valence-electron chi connectivity index (χ2n) is 5.13. The summed E-state index contributed by atoms with van der Waals surface area (Å²) in [6, 6.07) is 16.9.